The standard InChI is InChI=1S/C27H25FN4O4/c1-31(17-25(33)29-20-9-7-8-19(28)15-20)27(34)22-16-32(21-10-5-4-6-11-21)30-26(22)18-12-13-23(35-2)24(14-18)36-3/h4-16H,17H2,1-3H3,(H,29,33). The number of halogens is 1. The number of aromatic nitrogens is 2. The lowest BCUT2D eigenvalue weighted by atomic mass is 10.1. The minimum Gasteiger partial charge on any atom is -0.493 e. The number of rotatable bonds is 8. The molecule has 8 nitrogen and oxygen atoms in total. The second-order valence-corrected chi connectivity index (χ2v) is 7.96. The predicted molar refractivity (Wildman–Crippen MR) is 134 cm³/mol. The summed E-state index contributed by atoms with van der Waals surface area (Å²) in [6.07, 6.45) is 1.63. The number of carbonyl (C=O) groups excluding carboxylic acids is 2. The van der Waals surface area contributed by atoms with Crippen LogP contribution in [0.3, 0.4) is 0 Å². The summed E-state index contributed by atoms with van der Waals surface area (Å²) in [6, 6.07) is 20.2. The molecular formula is C27H25FN4O4. The molecule has 0 saturated carbocycles. The number of nitrogens with zero attached hydrogens (tertiary/aromatic N) is 3. The molecule has 9 heteroatoms. The van der Waals surface area contributed by atoms with Crippen molar-refractivity contribution in [3.8, 4) is 28.4 Å². The van der Waals surface area contributed by atoms with E-state index in [1.807, 2.05) is 30.3 Å². The molecule has 184 valence electrons. The third kappa shape index (κ3) is 5.35. The molecule has 0 bridgehead atoms. The number of hydrogen-bond donors (Lipinski definition) is 1. The average molecular weight is 489 g/mol. The normalized spacial score (nSPS) is 10.6. The van der Waals surface area contributed by atoms with Crippen LogP contribution in [0.15, 0.2) is 79.0 Å². The molecule has 2 amide bonds. The lowest BCUT2D eigenvalue weighted by Crippen LogP contribution is -2.35. The molecule has 0 saturated heterocycles. The lowest BCUT2D eigenvalue weighted by molar-refractivity contribution is -0.116. The second-order valence-electron chi connectivity index (χ2n) is 7.96. The summed E-state index contributed by atoms with van der Waals surface area (Å²) in [5, 5.41) is 7.27. The largest absolute Gasteiger partial charge is 0.493 e. The highest BCUT2D eigenvalue weighted by atomic mass is 19.1. The molecular weight excluding hydrogens is 463 g/mol. The van der Waals surface area contributed by atoms with E-state index in [1.165, 1.54) is 37.3 Å². The molecule has 36 heavy (non-hydrogen) atoms. The van der Waals surface area contributed by atoms with Gasteiger partial charge >= 0.3 is 0 Å². The lowest BCUT2D eigenvalue weighted by Gasteiger charge is -2.17. The van der Waals surface area contributed by atoms with Crippen LogP contribution in [0.4, 0.5) is 10.1 Å². The number of anilines is 1. The van der Waals surface area contributed by atoms with Crippen molar-refractivity contribution >= 4 is 17.5 Å². The van der Waals surface area contributed by atoms with E-state index in [4.69, 9.17) is 9.47 Å². The zero-order valence-electron chi connectivity index (χ0n) is 20.1. The average Bonchev–Trinajstić information content (AvgIpc) is 3.33. The minimum absolute atomic E-state index is 0.239. The van der Waals surface area contributed by atoms with Crippen LogP contribution >= 0.6 is 0 Å². The Morgan fingerprint density at radius 3 is 2.42 bits per heavy atom. The second kappa shape index (κ2) is 10.7. The first kappa shape index (κ1) is 24.5. The van der Waals surface area contributed by atoms with Crippen molar-refractivity contribution in [2.24, 2.45) is 0 Å². The van der Waals surface area contributed by atoms with Crippen LogP contribution in [0.25, 0.3) is 16.9 Å². The topological polar surface area (TPSA) is 85.7 Å². The molecule has 0 radical (unpaired) electrons. The van der Waals surface area contributed by atoms with Crippen molar-refractivity contribution in [1.29, 1.82) is 0 Å². The van der Waals surface area contributed by atoms with E-state index < -0.39 is 17.6 Å². The Balaban J connectivity index is 1.65. The summed E-state index contributed by atoms with van der Waals surface area (Å²) in [5.74, 6) is -0.297. The highest BCUT2D eigenvalue weighted by Crippen LogP contribution is 2.33. The molecule has 1 N–H and O–H groups in total. The first-order valence-electron chi connectivity index (χ1n) is 11.1. The maximum Gasteiger partial charge on any atom is 0.257 e. The van der Waals surface area contributed by atoms with Crippen LogP contribution in [-0.2, 0) is 4.79 Å². The van der Waals surface area contributed by atoms with Crippen molar-refractivity contribution in [2.45, 2.75) is 0 Å². The number of ether oxygens (including phenoxy) is 2. The third-order valence-corrected chi connectivity index (χ3v) is 5.46. The molecule has 0 aliphatic rings. The van der Waals surface area contributed by atoms with Gasteiger partial charge in [-0.15, -0.1) is 0 Å². The molecule has 0 atom stereocenters. The molecule has 1 heterocycles. The van der Waals surface area contributed by atoms with Gasteiger partial charge in [0, 0.05) is 24.5 Å². The van der Waals surface area contributed by atoms with Crippen molar-refractivity contribution in [2.75, 3.05) is 33.1 Å². The minimum atomic E-state index is -0.467. The smallest absolute Gasteiger partial charge is 0.257 e. The van der Waals surface area contributed by atoms with Gasteiger partial charge in [-0.1, -0.05) is 24.3 Å². The Hall–Kier alpha value is -4.66. The van der Waals surface area contributed by atoms with Crippen molar-refractivity contribution < 1.29 is 23.5 Å². The van der Waals surface area contributed by atoms with E-state index in [-0.39, 0.29) is 6.54 Å². The Morgan fingerprint density at radius 2 is 1.72 bits per heavy atom. The zero-order chi connectivity index (χ0) is 25.7. The fourth-order valence-corrected chi connectivity index (χ4v) is 3.70. The van der Waals surface area contributed by atoms with E-state index in [9.17, 15) is 14.0 Å². The van der Waals surface area contributed by atoms with E-state index in [2.05, 4.69) is 10.4 Å². The molecule has 0 fully saturated rings. The molecule has 0 aliphatic carbocycles. The fourth-order valence-electron chi connectivity index (χ4n) is 3.70. The molecule has 0 aliphatic heterocycles. The first-order valence-corrected chi connectivity index (χ1v) is 11.1. The van der Waals surface area contributed by atoms with Crippen LogP contribution in [0.5, 0.6) is 11.5 Å². The third-order valence-electron chi connectivity index (χ3n) is 5.46. The van der Waals surface area contributed by atoms with Gasteiger partial charge in [-0.25, -0.2) is 9.07 Å². The van der Waals surface area contributed by atoms with Crippen molar-refractivity contribution in [3.05, 3.63) is 90.4 Å². The zero-order valence-corrected chi connectivity index (χ0v) is 20.1. The maximum absolute atomic E-state index is 13.5. The summed E-state index contributed by atoms with van der Waals surface area (Å²) >= 11 is 0. The van der Waals surface area contributed by atoms with Gasteiger partial charge < -0.3 is 19.7 Å². The van der Waals surface area contributed by atoms with Crippen LogP contribution in [0.1, 0.15) is 10.4 Å². The van der Waals surface area contributed by atoms with Gasteiger partial charge in [-0.05, 0) is 48.5 Å². The Bertz CT molecular complexity index is 1390. The van der Waals surface area contributed by atoms with Crippen molar-refractivity contribution in [1.82, 2.24) is 14.7 Å². The number of nitrogens with one attached hydrogen (secondary N) is 1. The van der Waals surface area contributed by atoms with Gasteiger partial charge in [0.1, 0.15) is 11.5 Å². The highest BCUT2D eigenvalue weighted by molar-refractivity contribution is 6.02. The van der Waals surface area contributed by atoms with Crippen molar-refractivity contribution in [3.63, 3.8) is 0 Å². The Morgan fingerprint density at radius 1 is 0.972 bits per heavy atom. The number of carbonyl (C=O) groups is 2. The predicted octanol–water partition coefficient (Wildman–Crippen LogP) is 4.41. The first-order chi connectivity index (χ1) is 17.4. The van der Waals surface area contributed by atoms with Gasteiger partial charge in [-0.2, -0.15) is 5.10 Å². The summed E-state index contributed by atoms with van der Waals surface area (Å²) in [5.41, 5.74) is 2.44. The molecule has 0 unspecified atom stereocenters. The number of benzene rings is 3. The van der Waals surface area contributed by atoms with E-state index in [1.54, 1.807) is 42.3 Å². The number of methoxy groups -OCH3 is 2. The molecule has 1 aromatic heterocycles. The summed E-state index contributed by atoms with van der Waals surface area (Å²) in [6.45, 7) is -0.239. The van der Waals surface area contributed by atoms with Gasteiger partial charge in [0.05, 0.1) is 32.0 Å². The molecule has 4 aromatic rings. The monoisotopic (exact) mass is 488 g/mol. The fraction of sp³-hybridized carbons (Fsp3) is 0.148. The maximum atomic E-state index is 13.5. The molecule has 4 rings (SSSR count). The number of likely N-dealkylation sites (N-methyl/N-ethyl adjacent to an activating group) is 1. The number of amides is 2. The van der Waals surface area contributed by atoms with Crippen LogP contribution in [-0.4, -0.2) is 54.3 Å². The number of hydrogen-bond acceptors (Lipinski definition) is 5. The van der Waals surface area contributed by atoms with E-state index >= 15 is 0 Å². The highest BCUT2D eigenvalue weighted by Gasteiger charge is 2.24. The Kier molecular flexibility index (Phi) is 7.29. The summed E-state index contributed by atoms with van der Waals surface area (Å²) < 4.78 is 25.8. The number of para-hydroxylation sites is 1. The van der Waals surface area contributed by atoms with Gasteiger partial charge in [0.25, 0.3) is 5.91 Å². The SMILES string of the molecule is COc1ccc(-c2nn(-c3ccccc3)cc2C(=O)N(C)CC(=O)Nc2cccc(F)c2)cc1OC. The Labute approximate surface area is 207 Å². The van der Waals surface area contributed by atoms with Gasteiger partial charge in [0.15, 0.2) is 11.5 Å². The quantitative estimate of drug-likeness (QED) is 0.397. The van der Waals surface area contributed by atoms with Crippen LogP contribution in [0, 0.1) is 5.82 Å². The van der Waals surface area contributed by atoms with Gasteiger partial charge in [0.2, 0.25) is 5.91 Å². The van der Waals surface area contributed by atoms with Crippen LogP contribution in [0.2, 0.25) is 0 Å². The van der Waals surface area contributed by atoms with Gasteiger partial charge in [-0.3, -0.25) is 9.59 Å². The summed E-state index contributed by atoms with van der Waals surface area (Å²) in [4.78, 5) is 27.3. The van der Waals surface area contributed by atoms with E-state index in [0.717, 1.165) is 5.69 Å². The molecule has 0 spiro atoms. The van der Waals surface area contributed by atoms with E-state index in [0.29, 0.717) is 34.0 Å². The van der Waals surface area contributed by atoms with Crippen LogP contribution < -0.4 is 14.8 Å². The summed E-state index contributed by atoms with van der Waals surface area (Å²) in [7, 11) is 4.59. The molecule has 3 aromatic carbocycles.